The van der Waals surface area contributed by atoms with Gasteiger partial charge in [-0.2, -0.15) is 9.40 Å². The van der Waals surface area contributed by atoms with Gasteiger partial charge in [0.25, 0.3) is 5.91 Å². The van der Waals surface area contributed by atoms with Gasteiger partial charge in [0.05, 0.1) is 16.7 Å². The van der Waals surface area contributed by atoms with Gasteiger partial charge < -0.3 is 5.32 Å². The lowest BCUT2D eigenvalue weighted by molar-refractivity contribution is 0.0941. The van der Waals surface area contributed by atoms with Crippen molar-refractivity contribution in [3.63, 3.8) is 0 Å². The summed E-state index contributed by atoms with van der Waals surface area (Å²) in [6, 6.07) is 6.85. The monoisotopic (exact) mass is 440 g/mol. The Kier molecular flexibility index (Phi) is 5.79. The van der Waals surface area contributed by atoms with E-state index in [9.17, 15) is 13.2 Å². The molecule has 9 heteroatoms. The average molecular weight is 441 g/mol. The topological polar surface area (TPSA) is 84.3 Å². The number of rotatable bonds is 5. The number of hydrogen-bond acceptors (Lipinski definition) is 4. The highest BCUT2D eigenvalue weighted by molar-refractivity contribution is 9.10. The molecule has 1 aliphatic rings. The molecule has 7 nitrogen and oxygen atoms in total. The summed E-state index contributed by atoms with van der Waals surface area (Å²) >= 11 is 3.32. The molecule has 1 amide bonds. The summed E-state index contributed by atoms with van der Waals surface area (Å²) in [6.45, 7) is 1.45. The van der Waals surface area contributed by atoms with Gasteiger partial charge in [-0.3, -0.25) is 9.48 Å². The lowest BCUT2D eigenvalue weighted by Crippen LogP contribution is -2.41. The van der Waals surface area contributed by atoms with Crippen molar-refractivity contribution in [3.05, 3.63) is 46.7 Å². The van der Waals surface area contributed by atoms with E-state index in [1.807, 2.05) is 0 Å². The van der Waals surface area contributed by atoms with Crippen LogP contribution in [0.1, 0.15) is 23.2 Å². The van der Waals surface area contributed by atoms with E-state index in [1.54, 1.807) is 42.2 Å². The summed E-state index contributed by atoms with van der Waals surface area (Å²) in [5, 5.41) is 6.89. The predicted molar refractivity (Wildman–Crippen MR) is 101 cm³/mol. The quantitative estimate of drug-likeness (QED) is 0.770. The Balaban J connectivity index is 1.54. The van der Waals surface area contributed by atoms with Crippen LogP contribution >= 0.6 is 15.9 Å². The van der Waals surface area contributed by atoms with E-state index in [-0.39, 0.29) is 11.8 Å². The molecule has 0 atom stereocenters. The number of carbonyl (C=O) groups excluding carboxylic acids is 1. The maximum absolute atomic E-state index is 12.8. The fourth-order valence-corrected chi connectivity index (χ4v) is 5.46. The Hall–Kier alpha value is -1.71. The van der Waals surface area contributed by atoms with Crippen LogP contribution in [0.5, 0.6) is 0 Å². The Morgan fingerprint density at radius 2 is 2.00 bits per heavy atom. The van der Waals surface area contributed by atoms with Crippen molar-refractivity contribution < 1.29 is 13.2 Å². The molecule has 1 N–H and O–H groups in total. The maximum atomic E-state index is 12.8. The Morgan fingerprint density at radius 3 is 2.62 bits per heavy atom. The minimum atomic E-state index is -3.50. The van der Waals surface area contributed by atoms with Crippen LogP contribution in [-0.4, -0.2) is 48.0 Å². The highest BCUT2D eigenvalue weighted by atomic mass is 79.9. The molecule has 26 heavy (non-hydrogen) atoms. The lowest BCUT2D eigenvalue weighted by Gasteiger charge is -2.31. The molecule has 0 saturated carbocycles. The molecule has 1 saturated heterocycles. The zero-order chi connectivity index (χ0) is 18.7. The van der Waals surface area contributed by atoms with Crippen LogP contribution in [0.25, 0.3) is 0 Å². The second kappa shape index (κ2) is 7.89. The second-order valence-electron chi connectivity index (χ2n) is 6.39. The van der Waals surface area contributed by atoms with E-state index in [1.165, 1.54) is 10.5 Å². The average Bonchev–Trinajstić information content (AvgIpc) is 3.07. The number of sulfonamides is 1. The molecule has 2 aromatic rings. The van der Waals surface area contributed by atoms with Crippen LogP contribution < -0.4 is 5.32 Å². The van der Waals surface area contributed by atoms with Crippen LogP contribution in [0.4, 0.5) is 0 Å². The van der Waals surface area contributed by atoms with Gasteiger partial charge in [0.2, 0.25) is 10.0 Å². The minimum absolute atomic E-state index is 0.152. The van der Waals surface area contributed by atoms with Crippen LogP contribution in [0.15, 0.2) is 46.0 Å². The molecule has 2 heterocycles. The zero-order valence-electron chi connectivity index (χ0n) is 14.4. The number of aryl methyl sites for hydroxylation is 1. The molecular weight excluding hydrogens is 420 g/mol. The van der Waals surface area contributed by atoms with E-state index >= 15 is 0 Å². The summed E-state index contributed by atoms with van der Waals surface area (Å²) in [4.78, 5) is 12.4. The Morgan fingerprint density at radius 1 is 1.31 bits per heavy atom. The van der Waals surface area contributed by atoms with E-state index in [2.05, 4.69) is 26.3 Å². The molecular formula is C17H21BrN4O3S. The zero-order valence-corrected chi connectivity index (χ0v) is 16.8. The number of nitrogens with zero attached hydrogens (tertiary/aromatic N) is 3. The number of halogens is 1. The van der Waals surface area contributed by atoms with Crippen molar-refractivity contribution in [1.29, 1.82) is 0 Å². The largest absolute Gasteiger partial charge is 0.352 e. The molecule has 1 fully saturated rings. The number of hydrogen-bond donors (Lipinski definition) is 1. The highest BCUT2D eigenvalue weighted by Gasteiger charge is 2.30. The molecule has 140 valence electrons. The third-order valence-corrected chi connectivity index (χ3v) is 7.46. The summed E-state index contributed by atoms with van der Waals surface area (Å²) in [6.07, 6.45) is 4.64. The summed E-state index contributed by atoms with van der Waals surface area (Å²) in [5.41, 5.74) is 0.529. The molecule has 0 bridgehead atoms. The molecule has 0 radical (unpaired) electrons. The standard InChI is InChI=1S/C17H21BrN4O3S/c1-21-12-14(11-20-21)17(23)19-10-13-6-8-22(9-7-13)26(24,25)16-5-3-2-4-15(16)18/h2-5,11-13H,6-10H2,1H3,(H,19,23). The molecule has 0 aliphatic carbocycles. The van der Waals surface area contributed by atoms with Gasteiger partial charge >= 0.3 is 0 Å². The van der Waals surface area contributed by atoms with Crippen molar-refractivity contribution in [2.45, 2.75) is 17.7 Å². The third kappa shape index (κ3) is 4.16. The Labute approximate surface area is 161 Å². The van der Waals surface area contributed by atoms with E-state index < -0.39 is 10.0 Å². The molecule has 1 aromatic carbocycles. The minimum Gasteiger partial charge on any atom is -0.352 e. The van der Waals surface area contributed by atoms with E-state index in [0.717, 1.165) is 12.8 Å². The fraction of sp³-hybridized carbons (Fsp3) is 0.412. The van der Waals surface area contributed by atoms with Crippen LogP contribution in [0.2, 0.25) is 0 Å². The second-order valence-corrected chi connectivity index (χ2v) is 9.15. The number of carbonyl (C=O) groups is 1. The molecule has 0 spiro atoms. The first-order chi connectivity index (χ1) is 12.4. The summed E-state index contributed by atoms with van der Waals surface area (Å²) in [7, 11) is -1.74. The Bertz CT molecular complexity index is 889. The number of aromatic nitrogens is 2. The van der Waals surface area contributed by atoms with Crippen molar-refractivity contribution in [2.75, 3.05) is 19.6 Å². The van der Waals surface area contributed by atoms with Crippen molar-refractivity contribution in [2.24, 2.45) is 13.0 Å². The fourth-order valence-electron chi connectivity index (χ4n) is 3.02. The molecule has 1 aromatic heterocycles. The maximum Gasteiger partial charge on any atom is 0.254 e. The number of benzene rings is 1. The lowest BCUT2D eigenvalue weighted by atomic mass is 9.98. The van der Waals surface area contributed by atoms with Crippen molar-refractivity contribution >= 4 is 31.9 Å². The van der Waals surface area contributed by atoms with Crippen LogP contribution in [0.3, 0.4) is 0 Å². The van der Waals surface area contributed by atoms with E-state index in [0.29, 0.717) is 34.6 Å². The smallest absolute Gasteiger partial charge is 0.254 e. The highest BCUT2D eigenvalue weighted by Crippen LogP contribution is 2.28. The number of piperidine rings is 1. The van der Waals surface area contributed by atoms with Gasteiger partial charge in [0.15, 0.2) is 0 Å². The van der Waals surface area contributed by atoms with Gasteiger partial charge in [-0.15, -0.1) is 0 Å². The van der Waals surface area contributed by atoms with Gasteiger partial charge in [-0.25, -0.2) is 8.42 Å². The van der Waals surface area contributed by atoms with Crippen molar-refractivity contribution in [1.82, 2.24) is 19.4 Å². The third-order valence-electron chi connectivity index (χ3n) is 4.55. The SMILES string of the molecule is Cn1cc(C(=O)NCC2CCN(S(=O)(=O)c3ccccc3Br)CC2)cn1. The van der Waals surface area contributed by atoms with E-state index in [4.69, 9.17) is 0 Å². The van der Waals surface area contributed by atoms with Gasteiger partial charge in [-0.1, -0.05) is 12.1 Å². The summed E-state index contributed by atoms with van der Waals surface area (Å²) < 4.78 is 29.2. The van der Waals surface area contributed by atoms with Crippen LogP contribution in [0, 0.1) is 5.92 Å². The van der Waals surface area contributed by atoms with Gasteiger partial charge in [0.1, 0.15) is 0 Å². The first-order valence-corrected chi connectivity index (χ1v) is 10.6. The van der Waals surface area contributed by atoms with Crippen molar-refractivity contribution in [3.8, 4) is 0 Å². The van der Waals surface area contributed by atoms with Crippen LogP contribution in [-0.2, 0) is 17.1 Å². The normalized spacial score (nSPS) is 16.5. The summed E-state index contributed by atoms with van der Waals surface area (Å²) in [5.74, 6) is 0.114. The number of amides is 1. The van der Waals surface area contributed by atoms with Gasteiger partial charge in [0, 0.05) is 37.4 Å². The first kappa shape index (κ1) is 19.1. The molecule has 3 rings (SSSR count). The number of nitrogens with one attached hydrogen (secondary N) is 1. The predicted octanol–water partition coefficient (Wildman–Crippen LogP) is 2.01. The molecule has 0 unspecified atom stereocenters. The first-order valence-electron chi connectivity index (χ1n) is 8.39. The molecule has 1 aliphatic heterocycles. The van der Waals surface area contributed by atoms with Gasteiger partial charge in [-0.05, 0) is 46.8 Å².